The minimum atomic E-state index is -0.403. The Morgan fingerprint density at radius 2 is 1.76 bits per heavy atom. The number of rotatable bonds is 3. The molecule has 7 heteroatoms. The van der Waals surface area contributed by atoms with E-state index in [-0.39, 0.29) is 10.8 Å². The molecule has 1 aliphatic heterocycles. The van der Waals surface area contributed by atoms with Gasteiger partial charge in [0.15, 0.2) is 5.11 Å². The lowest BCUT2D eigenvalue weighted by Crippen LogP contribution is -2.49. The highest BCUT2D eigenvalue weighted by Crippen LogP contribution is 2.18. The molecule has 132 valence electrons. The van der Waals surface area contributed by atoms with Gasteiger partial charge in [0.25, 0.3) is 0 Å². The first kappa shape index (κ1) is 18.0. The molecule has 0 radical (unpaired) electrons. The Morgan fingerprint density at radius 1 is 1.04 bits per heavy atom. The highest BCUT2D eigenvalue weighted by molar-refractivity contribution is 7.80. The van der Waals surface area contributed by atoms with E-state index < -0.39 is 5.82 Å². The molecule has 1 fully saturated rings. The van der Waals surface area contributed by atoms with Crippen LogP contribution in [0.15, 0.2) is 42.5 Å². The molecule has 2 aromatic carbocycles. The lowest BCUT2D eigenvalue weighted by molar-refractivity contribution is 0.177. The minimum absolute atomic E-state index is 0.145. The van der Waals surface area contributed by atoms with Crippen molar-refractivity contribution in [2.24, 2.45) is 0 Å². The van der Waals surface area contributed by atoms with Crippen LogP contribution in [0.5, 0.6) is 0 Å². The van der Waals surface area contributed by atoms with Crippen molar-refractivity contribution < 1.29 is 8.78 Å². The van der Waals surface area contributed by atoms with Crippen LogP contribution in [-0.2, 0) is 6.54 Å². The van der Waals surface area contributed by atoms with Crippen LogP contribution in [0.25, 0.3) is 0 Å². The number of thiocarbonyl (C=S) groups is 1. The molecule has 1 heterocycles. The second-order valence-corrected chi connectivity index (χ2v) is 6.72. The van der Waals surface area contributed by atoms with Crippen LogP contribution in [0.4, 0.5) is 14.5 Å². The molecule has 2 aromatic rings. The predicted octanol–water partition coefficient (Wildman–Crippen LogP) is 4.13. The van der Waals surface area contributed by atoms with E-state index in [2.05, 4.69) is 10.2 Å². The Bertz CT molecular complexity index is 764. The number of nitrogens with zero attached hydrogens (tertiary/aromatic N) is 2. The van der Waals surface area contributed by atoms with Gasteiger partial charge in [-0.25, -0.2) is 8.78 Å². The SMILES string of the molecule is Fc1ccc(CN2CCN(C(=S)Nc3ccccc3F)CC2)cc1Cl. The van der Waals surface area contributed by atoms with Crippen LogP contribution in [0, 0.1) is 11.6 Å². The zero-order valence-electron chi connectivity index (χ0n) is 13.5. The largest absolute Gasteiger partial charge is 0.346 e. The smallest absolute Gasteiger partial charge is 0.173 e. The van der Waals surface area contributed by atoms with Crippen molar-refractivity contribution in [1.82, 2.24) is 9.80 Å². The fourth-order valence-corrected chi connectivity index (χ4v) is 3.26. The summed E-state index contributed by atoms with van der Waals surface area (Å²) >= 11 is 11.2. The summed E-state index contributed by atoms with van der Waals surface area (Å²) in [6.45, 7) is 3.83. The van der Waals surface area contributed by atoms with Crippen molar-refractivity contribution in [3.05, 3.63) is 64.7 Å². The van der Waals surface area contributed by atoms with E-state index in [4.69, 9.17) is 23.8 Å². The standard InChI is InChI=1S/C18H18ClF2N3S/c19-14-11-13(5-6-15(14)20)12-23-7-9-24(10-8-23)18(25)22-17-4-2-1-3-16(17)21/h1-6,11H,7-10,12H2,(H,22,25). The Labute approximate surface area is 156 Å². The number of nitrogens with one attached hydrogen (secondary N) is 1. The molecule has 0 aliphatic carbocycles. The first-order valence-electron chi connectivity index (χ1n) is 7.99. The fraction of sp³-hybridized carbons (Fsp3) is 0.278. The van der Waals surface area contributed by atoms with Gasteiger partial charge in [0, 0.05) is 32.7 Å². The number of anilines is 1. The molecule has 1 saturated heterocycles. The van der Waals surface area contributed by atoms with Crippen LogP contribution >= 0.6 is 23.8 Å². The molecule has 0 atom stereocenters. The highest BCUT2D eigenvalue weighted by Gasteiger charge is 2.19. The summed E-state index contributed by atoms with van der Waals surface area (Å²) in [5, 5.41) is 3.63. The third-order valence-corrected chi connectivity index (χ3v) is 4.82. The van der Waals surface area contributed by atoms with E-state index in [1.807, 2.05) is 4.90 Å². The van der Waals surface area contributed by atoms with Gasteiger partial charge in [-0.15, -0.1) is 0 Å². The molecule has 0 unspecified atom stereocenters. The lowest BCUT2D eigenvalue weighted by atomic mass is 10.2. The van der Waals surface area contributed by atoms with Gasteiger partial charge in [0.1, 0.15) is 11.6 Å². The molecular formula is C18H18ClF2N3S. The zero-order chi connectivity index (χ0) is 17.8. The lowest BCUT2D eigenvalue weighted by Gasteiger charge is -2.36. The van der Waals surface area contributed by atoms with E-state index in [1.54, 1.807) is 30.3 Å². The van der Waals surface area contributed by atoms with Gasteiger partial charge < -0.3 is 10.2 Å². The number of para-hydroxylation sites is 1. The molecule has 0 amide bonds. The van der Waals surface area contributed by atoms with Gasteiger partial charge in [-0.3, -0.25) is 4.90 Å². The summed E-state index contributed by atoms with van der Waals surface area (Å²) in [5.74, 6) is -0.725. The van der Waals surface area contributed by atoms with Crippen molar-refractivity contribution in [3.8, 4) is 0 Å². The van der Waals surface area contributed by atoms with Gasteiger partial charge in [-0.1, -0.05) is 29.8 Å². The first-order chi connectivity index (χ1) is 12.0. The van der Waals surface area contributed by atoms with Crippen molar-refractivity contribution in [3.63, 3.8) is 0 Å². The summed E-state index contributed by atoms with van der Waals surface area (Å²) in [5.41, 5.74) is 1.36. The van der Waals surface area contributed by atoms with Gasteiger partial charge in [0.2, 0.25) is 0 Å². The first-order valence-corrected chi connectivity index (χ1v) is 8.78. The van der Waals surface area contributed by atoms with Crippen LogP contribution in [0.1, 0.15) is 5.56 Å². The van der Waals surface area contributed by atoms with Crippen molar-refractivity contribution in [2.75, 3.05) is 31.5 Å². The topological polar surface area (TPSA) is 18.5 Å². The monoisotopic (exact) mass is 381 g/mol. The summed E-state index contributed by atoms with van der Waals surface area (Å²) in [7, 11) is 0. The minimum Gasteiger partial charge on any atom is -0.346 e. The Kier molecular flexibility index (Phi) is 5.83. The molecule has 0 aromatic heterocycles. The van der Waals surface area contributed by atoms with Crippen molar-refractivity contribution >= 4 is 34.6 Å². The molecule has 1 N–H and O–H groups in total. The maximum absolute atomic E-state index is 13.7. The second kappa shape index (κ2) is 8.08. The third kappa shape index (κ3) is 4.66. The summed E-state index contributed by atoms with van der Waals surface area (Å²) in [4.78, 5) is 4.28. The number of benzene rings is 2. The van der Waals surface area contributed by atoms with E-state index in [0.717, 1.165) is 31.7 Å². The molecule has 3 rings (SSSR count). The molecular weight excluding hydrogens is 364 g/mol. The van der Waals surface area contributed by atoms with Crippen molar-refractivity contribution in [2.45, 2.75) is 6.54 Å². The maximum atomic E-state index is 13.7. The van der Waals surface area contributed by atoms with Crippen LogP contribution in [0.2, 0.25) is 5.02 Å². The number of hydrogen-bond acceptors (Lipinski definition) is 2. The Morgan fingerprint density at radius 3 is 2.44 bits per heavy atom. The Balaban J connectivity index is 1.52. The average Bonchev–Trinajstić information content (AvgIpc) is 2.61. The predicted molar refractivity (Wildman–Crippen MR) is 101 cm³/mol. The summed E-state index contributed by atoms with van der Waals surface area (Å²) < 4.78 is 26.9. The second-order valence-electron chi connectivity index (χ2n) is 5.92. The van der Waals surface area contributed by atoms with E-state index >= 15 is 0 Å². The van der Waals surface area contributed by atoms with Crippen LogP contribution in [-0.4, -0.2) is 41.1 Å². The zero-order valence-corrected chi connectivity index (χ0v) is 15.1. The third-order valence-electron chi connectivity index (χ3n) is 4.17. The van der Waals surface area contributed by atoms with Gasteiger partial charge in [0.05, 0.1) is 10.7 Å². The van der Waals surface area contributed by atoms with E-state index in [9.17, 15) is 8.78 Å². The fourth-order valence-electron chi connectivity index (χ4n) is 2.76. The van der Waals surface area contributed by atoms with Crippen molar-refractivity contribution in [1.29, 1.82) is 0 Å². The average molecular weight is 382 g/mol. The van der Waals surface area contributed by atoms with E-state index in [0.29, 0.717) is 17.3 Å². The Hall–Kier alpha value is -1.76. The maximum Gasteiger partial charge on any atom is 0.173 e. The van der Waals surface area contributed by atoms with E-state index in [1.165, 1.54) is 12.1 Å². The number of piperazine rings is 1. The summed E-state index contributed by atoms with van der Waals surface area (Å²) in [6.07, 6.45) is 0. The molecule has 0 saturated carbocycles. The van der Waals surface area contributed by atoms with Crippen LogP contribution < -0.4 is 5.32 Å². The summed E-state index contributed by atoms with van der Waals surface area (Å²) in [6, 6.07) is 11.3. The molecule has 0 bridgehead atoms. The van der Waals surface area contributed by atoms with Gasteiger partial charge >= 0.3 is 0 Å². The molecule has 1 aliphatic rings. The van der Waals surface area contributed by atoms with Crippen LogP contribution in [0.3, 0.4) is 0 Å². The number of hydrogen-bond donors (Lipinski definition) is 1. The molecule has 3 nitrogen and oxygen atoms in total. The molecule has 0 spiro atoms. The normalized spacial score (nSPS) is 15.2. The van der Waals surface area contributed by atoms with Gasteiger partial charge in [-0.2, -0.15) is 0 Å². The quantitative estimate of drug-likeness (QED) is 0.805. The van der Waals surface area contributed by atoms with Gasteiger partial charge in [-0.05, 0) is 42.0 Å². The molecule has 25 heavy (non-hydrogen) atoms. The highest BCUT2D eigenvalue weighted by atomic mass is 35.5. The number of halogens is 3.